The molecule has 0 spiro atoms. The minimum atomic E-state index is -0.664. The van der Waals surface area contributed by atoms with E-state index in [0.717, 1.165) is 4.57 Å². The third-order valence-corrected chi connectivity index (χ3v) is 1.50. The van der Waals surface area contributed by atoms with Crippen molar-refractivity contribution in [2.45, 2.75) is 19.6 Å². The summed E-state index contributed by atoms with van der Waals surface area (Å²) in [7, 11) is 0. The third kappa shape index (κ3) is 2.19. The Bertz CT molecular complexity index is 404. The van der Waals surface area contributed by atoms with E-state index in [1.54, 1.807) is 0 Å². The number of hydrogen-bond donors (Lipinski definition) is 3. The van der Waals surface area contributed by atoms with Gasteiger partial charge in [0.1, 0.15) is 5.69 Å². The minimum Gasteiger partial charge on any atom is -0.393 e. The van der Waals surface area contributed by atoms with Gasteiger partial charge in [0.25, 0.3) is 5.56 Å². The zero-order chi connectivity index (χ0) is 10.0. The van der Waals surface area contributed by atoms with Gasteiger partial charge in [-0.1, -0.05) is 0 Å². The minimum absolute atomic E-state index is 0.0414. The summed E-state index contributed by atoms with van der Waals surface area (Å²) in [5, 5.41) is 9.00. The number of anilines is 1. The SMILES string of the molecule is CC(O)Cn1cc(N)c(=O)[nH]c1=O. The van der Waals surface area contributed by atoms with E-state index in [0.29, 0.717) is 0 Å². The molecule has 0 saturated carbocycles. The van der Waals surface area contributed by atoms with Crippen LogP contribution in [0.3, 0.4) is 0 Å². The Kier molecular flexibility index (Phi) is 2.52. The largest absolute Gasteiger partial charge is 0.393 e. The van der Waals surface area contributed by atoms with Gasteiger partial charge < -0.3 is 10.8 Å². The fraction of sp³-hybridized carbons (Fsp3) is 0.429. The molecule has 0 radical (unpaired) electrons. The van der Waals surface area contributed by atoms with E-state index in [-0.39, 0.29) is 12.2 Å². The summed E-state index contributed by atoms with van der Waals surface area (Å²) in [6.45, 7) is 1.65. The van der Waals surface area contributed by atoms with Gasteiger partial charge >= 0.3 is 5.69 Å². The number of nitrogens with one attached hydrogen (secondary N) is 1. The molecule has 1 aromatic heterocycles. The Morgan fingerprint density at radius 1 is 1.69 bits per heavy atom. The summed E-state index contributed by atoms with van der Waals surface area (Å²) >= 11 is 0. The lowest BCUT2D eigenvalue weighted by atomic mass is 10.4. The van der Waals surface area contributed by atoms with Crippen molar-refractivity contribution in [2.24, 2.45) is 0 Å². The van der Waals surface area contributed by atoms with Gasteiger partial charge in [-0.05, 0) is 6.92 Å². The normalized spacial score (nSPS) is 12.8. The quantitative estimate of drug-likeness (QED) is 0.522. The van der Waals surface area contributed by atoms with Crippen LogP contribution in [-0.2, 0) is 6.54 Å². The van der Waals surface area contributed by atoms with Gasteiger partial charge in [0.05, 0.1) is 12.6 Å². The van der Waals surface area contributed by atoms with E-state index in [9.17, 15) is 9.59 Å². The van der Waals surface area contributed by atoms with Crippen LogP contribution in [-0.4, -0.2) is 20.8 Å². The van der Waals surface area contributed by atoms with E-state index in [2.05, 4.69) is 0 Å². The Morgan fingerprint density at radius 3 is 2.85 bits per heavy atom. The fourth-order valence-corrected chi connectivity index (χ4v) is 0.947. The summed E-state index contributed by atoms with van der Waals surface area (Å²) in [6.07, 6.45) is 0.552. The molecule has 1 unspecified atom stereocenters. The average molecular weight is 185 g/mol. The summed E-state index contributed by atoms with van der Waals surface area (Å²) < 4.78 is 1.15. The molecule has 72 valence electrons. The molecule has 0 saturated heterocycles. The predicted molar refractivity (Wildman–Crippen MR) is 47.4 cm³/mol. The highest BCUT2D eigenvalue weighted by atomic mass is 16.3. The molecule has 1 aromatic rings. The summed E-state index contributed by atoms with van der Waals surface area (Å²) in [6, 6.07) is 0. The van der Waals surface area contributed by atoms with Crippen molar-refractivity contribution >= 4 is 5.69 Å². The van der Waals surface area contributed by atoms with Crippen LogP contribution < -0.4 is 17.0 Å². The molecule has 1 heterocycles. The number of aromatic nitrogens is 2. The number of aromatic amines is 1. The number of rotatable bonds is 2. The summed E-state index contributed by atoms with van der Waals surface area (Å²) in [4.78, 5) is 23.9. The van der Waals surface area contributed by atoms with Gasteiger partial charge in [0, 0.05) is 6.20 Å². The van der Waals surface area contributed by atoms with Crippen LogP contribution in [0.5, 0.6) is 0 Å². The van der Waals surface area contributed by atoms with E-state index >= 15 is 0 Å². The molecule has 0 aliphatic heterocycles. The predicted octanol–water partition coefficient (Wildman–Crippen LogP) is -1.50. The molecule has 1 atom stereocenters. The van der Waals surface area contributed by atoms with Crippen molar-refractivity contribution in [3.05, 3.63) is 27.0 Å². The Labute approximate surface area is 73.6 Å². The van der Waals surface area contributed by atoms with Crippen molar-refractivity contribution in [3.63, 3.8) is 0 Å². The number of aliphatic hydroxyl groups is 1. The van der Waals surface area contributed by atoms with E-state index < -0.39 is 17.4 Å². The van der Waals surface area contributed by atoms with Gasteiger partial charge in [-0.3, -0.25) is 14.3 Å². The Morgan fingerprint density at radius 2 is 2.31 bits per heavy atom. The molecule has 6 heteroatoms. The standard InChI is InChI=1S/C7H11N3O3/c1-4(11)2-10-3-5(8)6(12)9-7(10)13/h3-4,11H,2,8H2,1H3,(H,9,12,13). The molecule has 4 N–H and O–H groups in total. The highest BCUT2D eigenvalue weighted by molar-refractivity contribution is 5.30. The van der Waals surface area contributed by atoms with Crippen molar-refractivity contribution in [1.29, 1.82) is 0 Å². The molecule has 0 aromatic carbocycles. The van der Waals surface area contributed by atoms with Gasteiger partial charge in [0.15, 0.2) is 0 Å². The first-order valence-corrected chi connectivity index (χ1v) is 3.78. The molecule has 0 bridgehead atoms. The molecular formula is C7H11N3O3. The molecule has 0 fully saturated rings. The number of H-pyrrole nitrogens is 1. The van der Waals surface area contributed by atoms with Gasteiger partial charge in [-0.2, -0.15) is 0 Å². The molecule has 6 nitrogen and oxygen atoms in total. The third-order valence-electron chi connectivity index (χ3n) is 1.50. The number of hydrogen-bond acceptors (Lipinski definition) is 4. The maximum atomic E-state index is 11.1. The first-order chi connectivity index (χ1) is 6.00. The highest BCUT2D eigenvalue weighted by Crippen LogP contribution is 1.89. The molecule has 0 aliphatic rings. The van der Waals surface area contributed by atoms with Crippen LogP contribution >= 0.6 is 0 Å². The van der Waals surface area contributed by atoms with Crippen LogP contribution in [0.25, 0.3) is 0 Å². The van der Waals surface area contributed by atoms with Gasteiger partial charge in [-0.25, -0.2) is 4.79 Å². The highest BCUT2D eigenvalue weighted by Gasteiger charge is 2.03. The maximum Gasteiger partial charge on any atom is 0.328 e. The molecule has 13 heavy (non-hydrogen) atoms. The molecule has 1 rings (SSSR count). The maximum absolute atomic E-state index is 11.1. The summed E-state index contributed by atoms with van der Waals surface area (Å²) in [5.41, 5.74) is 4.06. The second-order valence-electron chi connectivity index (χ2n) is 2.85. The van der Waals surface area contributed by atoms with E-state index in [1.165, 1.54) is 13.1 Å². The zero-order valence-electron chi connectivity index (χ0n) is 7.15. The monoisotopic (exact) mass is 185 g/mol. The number of nitrogens with zero attached hydrogens (tertiary/aromatic N) is 1. The van der Waals surface area contributed by atoms with Crippen LogP contribution in [0.4, 0.5) is 5.69 Å². The van der Waals surface area contributed by atoms with Gasteiger partial charge in [0.2, 0.25) is 0 Å². The molecular weight excluding hydrogens is 174 g/mol. The Balaban J connectivity index is 3.17. The van der Waals surface area contributed by atoms with Crippen molar-refractivity contribution in [2.75, 3.05) is 5.73 Å². The van der Waals surface area contributed by atoms with Crippen molar-refractivity contribution in [1.82, 2.24) is 9.55 Å². The van der Waals surface area contributed by atoms with Gasteiger partial charge in [-0.15, -0.1) is 0 Å². The van der Waals surface area contributed by atoms with E-state index in [1.807, 2.05) is 4.98 Å². The number of nitrogen functional groups attached to an aromatic ring is 1. The fourth-order valence-electron chi connectivity index (χ4n) is 0.947. The lowest BCUT2D eigenvalue weighted by molar-refractivity contribution is 0.171. The lowest BCUT2D eigenvalue weighted by Gasteiger charge is -2.06. The average Bonchev–Trinajstić information content (AvgIpc) is 1.99. The van der Waals surface area contributed by atoms with Crippen molar-refractivity contribution < 1.29 is 5.11 Å². The van der Waals surface area contributed by atoms with Crippen LogP contribution in [0, 0.1) is 0 Å². The van der Waals surface area contributed by atoms with Crippen molar-refractivity contribution in [3.8, 4) is 0 Å². The topological polar surface area (TPSA) is 101 Å². The van der Waals surface area contributed by atoms with Crippen LogP contribution in [0.15, 0.2) is 15.8 Å². The zero-order valence-corrected chi connectivity index (χ0v) is 7.15. The summed E-state index contributed by atoms with van der Waals surface area (Å²) in [5.74, 6) is 0. The van der Waals surface area contributed by atoms with Crippen LogP contribution in [0.2, 0.25) is 0 Å². The van der Waals surface area contributed by atoms with E-state index in [4.69, 9.17) is 10.8 Å². The second-order valence-corrected chi connectivity index (χ2v) is 2.85. The van der Waals surface area contributed by atoms with Crippen LogP contribution in [0.1, 0.15) is 6.92 Å². The smallest absolute Gasteiger partial charge is 0.328 e. The Hall–Kier alpha value is -1.56. The molecule has 0 amide bonds. The first-order valence-electron chi connectivity index (χ1n) is 3.78. The molecule has 0 aliphatic carbocycles. The number of nitrogens with two attached hydrogens (primary N) is 1. The first kappa shape index (κ1) is 9.53. The second kappa shape index (κ2) is 3.44. The number of aliphatic hydroxyl groups excluding tert-OH is 1. The lowest BCUT2D eigenvalue weighted by Crippen LogP contribution is -2.33.